The molecule has 0 aliphatic heterocycles. The van der Waals surface area contributed by atoms with Crippen LogP contribution in [0.3, 0.4) is 0 Å². The van der Waals surface area contributed by atoms with Gasteiger partial charge < -0.3 is 0 Å². The first-order valence-corrected chi connectivity index (χ1v) is 7.83. The average Bonchev–Trinajstić information content (AvgIpc) is 2.42. The van der Waals surface area contributed by atoms with Gasteiger partial charge in [-0.2, -0.15) is 0 Å². The number of aryl methyl sites for hydroxylation is 2. The second-order valence-corrected chi connectivity index (χ2v) is 6.17. The summed E-state index contributed by atoms with van der Waals surface area (Å²) in [5.41, 5.74) is 2.05. The molecule has 5 heteroatoms. The molecule has 22 heavy (non-hydrogen) atoms. The molecule has 0 atom stereocenters. The van der Waals surface area contributed by atoms with Crippen LogP contribution in [0.15, 0.2) is 37.7 Å². The summed E-state index contributed by atoms with van der Waals surface area (Å²) in [5, 5.41) is 0.624. The molecular weight excluding hydrogens is 296 g/mol. The van der Waals surface area contributed by atoms with E-state index < -0.39 is 5.69 Å². The first-order valence-electron chi connectivity index (χ1n) is 7.01. The second kappa shape index (κ2) is 6.71. The van der Waals surface area contributed by atoms with E-state index in [1.807, 2.05) is 32.9 Å². The summed E-state index contributed by atoms with van der Waals surface area (Å²) in [6, 6.07) is 6.14. The van der Waals surface area contributed by atoms with Gasteiger partial charge in [0.1, 0.15) is 0 Å². The Morgan fingerprint density at radius 1 is 1.23 bits per heavy atom. The van der Waals surface area contributed by atoms with Crippen LogP contribution < -0.4 is 11.2 Å². The Morgan fingerprint density at radius 3 is 2.41 bits per heavy atom. The van der Waals surface area contributed by atoms with Gasteiger partial charge in [-0.15, -0.1) is 6.42 Å². The lowest BCUT2D eigenvalue weighted by molar-refractivity contribution is 0.655. The molecular formula is C17H18N2O2S. The zero-order valence-electron chi connectivity index (χ0n) is 12.9. The first-order chi connectivity index (χ1) is 10.5. The lowest BCUT2D eigenvalue weighted by atomic mass is 10.2. The highest BCUT2D eigenvalue weighted by Crippen LogP contribution is 2.30. The molecule has 1 heterocycles. The third-order valence-corrected chi connectivity index (χ3v) is 4.39. The number of aromatic amines is 1. The second-order valence-electron chi connectivity index (χ2n) is 5.11. The molecule has 1 aromatic carbocycles. The predicted molar refractivity (Wildman–Crippen MR) is 89.6 cm³/mol. The SMILES string of the molecule is C#CCn1c(Sc2cc(C)cc(C)c2)c(CC)c(=O)[nH]c1=O. The van der Waals surface area contributed by atoms with Crippen LogP contribution >= 0.6 is 11.8 Å². The van der Waals surface area contributed by atoms with Crippen LogP contribution in [0.4, 0.5) is 0 Å². The smallest absolute Gasteiger partial charge is 0.276 e. The Labute approximate surface area is 133 Å². The average molecular weight is 314 g/mol. The van der Waals surface area contributed by atoms with Crippen LogP contribution in [-0.4, -0.2) is 9.55 Å². The fourth-order valence-electron chi connectivity index (χ4n) is 2.36. The summed E-state index contributed by atoms with van der Waals surface area (Å²) >= 11 is 1.41. The third kappa shape index (κ3) is 3.34. The quantitative estimate of drug-likeness (QED) is 0.697. The summed E-state index contributed by atoms with van der Waals surface area (Å²) in [4.78, 5) is 27.4. The fourth-order valence-corrected chi connectivity index (χ4v) is 3.69. The van der Waals surface area contributed by atoms with E-state index in [2.05, 4.69) is 17.0 Å². The predicted octanol–water partition coefficient (Wildman–Crippen LogP) is 2.50. The minimum absolute atomic E-state index is 0.135. The minimum atomic E-state index is -0.466. The van der Waals surface area contributed by atoms with Gasteiger partial charge in [-0.1, -0.05) is 30.7 Å². The van der Waals surface area contributed by atoms with Crippen molar-refractivity contribution < 1.29 is 0 Å². The Morgan fingerprint density at radius 2 is 1.86 bits per heavy atom. The number of hydrogen-bond donors (Lipinski definition) is 1. The first kappa shape index (κ1) is 16.2. The van der Waals surface area contributed by atoms with E-state index >= 15 is 0 Å². The molecule has 0 unspecified atom stereocenters. The zero-order valence-corrected chi connectivity index (χ0v) is 13.7. The van der Waals surface area contributed by atoms with Gasteiger partial charge in [0.05, 0.1) is 11.6 Å². The van der Waals surface area contributed by atoms with Crippen molar-refractivity contribution >= 4 is 11.8 Å². The molecule has 1 aromatic heterocycles. The molecule has 0 spiro atoms. The molecule has 0 amide bonds. The molecule has 0 radical (unpaired) electrons. The number of rotatable bonds is 4. The maximum atomic E-state index is 12.0. The van der Waals surface area contributed by atoms with Gasteiger partial charge in [0.2, 0.25) is 0 Å². The molecule has 0 saturated carbocycles. The van der Waals surface area contributed by atoms with Gasteiger partial charge in [0, 0.05) is 10.5 Å². The summed E-state index contributed by atoms with van der Waals surface area (Å²) in [6.07, 6.45) is 5.89. The summed E-state index contributed by atoms with van der Waals surface area (Å²) in [5.74, 6) is 2.47. The van der Waals surface area contributed by atoms with E-state index in [0.29, 0.717) is 17.0 Å². The monoisotopic (exact) mass is 314 g/mol. The van der Waals surface area contributed by atoms with Crippen molar-refractivity contribution in [2.45, 2.75) is 43.7 Å². The number of nitrogens with one attached hydrogen (secondary N) is 1. The summed E-state index contributed by atoms with van der Waals surface area (Å²) < 4.78 is 1.45. The van der Waals surface area contributed by atoms with Crippen LogP contribution in [0, 0.1) is 26.2 Å². The molecule has 2 aromatic rings. The van der Waals surface area contributed by atoms with Crippen LogP contribution in [0.1, 0.15) is 23.6 Å². The van der Waals surface area contributed by atoms with E-state index in [0.717, 1.165) is 16.0 Å². The zero-order chi connectivity index (χ0) is 16.3. The Kier molecular flexibility index (Phi) is 4.94. The molecule has 0 aliphatic carbocycles. The highest BCUT2D eigenvalue weighted by molar-refractivity contribution is 7.99. The molecule has 0 bridgehead atoms. The summed E-state index contributed by atoms with van der Waals surface area (Å²) in [6.45, 7) is 6.06. The lowest BCUT2D eigenvalue weighted by Crippen LogP contribution is -2.33. The largest absolute Gasteiger partial charge is 0.330 e. The Hall–Kier alpha value is -2.19. The number of benzene rings is 1. The van der Waals surface area contributed by atoms with Crippen molar-refractivity contribution in [3.63, 3.8) is 0 Å². The van der Waals surface area contributed by atoms with Gasteiger partial charge in [-0.3, -0.25) is 14.3 Å². The molecule has 2 rings (SSSR count). The van der Waals surface area contributed by atoms with Gasteiger partial charge in [0.25, 0.3) is 5.56 Å². The van der Waals surface area contributed by atoms with Gasteiger partial charge >= 0.3 is 5.69 Å². The van der Waals surface area contributed by atoms with Crippen molar-refractivity contribution in [1.29, 1.82) is 0 Å². The van der Waals surface area contributed by atoms with Crippen LogP contribution in [-0.2, 0) is 13.0 Å². The highest BCUT2D eigenvalue weighted by Gasteiger charge is 2.14. The molecule has 1 N–H and O–H groups in total. The van der Waals surface area contributed by atoms with Gasteiger partial charge in [0.15, 0.2) is 0 Å². The van der Waals surface area contributed by atoms with E-state index in [1.165, 1.54) is 16.3 Å². The van der Waals surface area contributed by atoms with E-state index in [-0.39, 0.29) is 12.1 Å². The number of hydrogen-bond acceptors (Lipinski definition) is 3. The normalized spacial score (nSPS) is 10.5. The van der Waals surface area contributed by atoms with Gasteiger partial charge in [-0.05, 0) is 43.5 Å². The minimum Gasteiger partial charge on any atom is -0.276 e. The number of H-pyrrole nitrogens is 1. The van der Waals surface area contributed by atoms with Crippen molar-refractivity contribution in [3.05, 3.63) is 55.7 Å². The van der Waals surface area contributed by atoms with E-state index in [9.17, 15) is 9.59 Å². The third-order valence-electron chi connectivity index (χ3n) is 3.26. The van der Waals surface area contributed by atoms with Crippen molar-refractivity contribution in [2.24, 2.45) is 0 Å². The molecule has 0 saturated heterocycles. The van der Waals surface area contributed by atoms with E-state index in [4.69, 9.17) is 6.42 Å². The van der Waals surface area contributed by atoms with Crippen molar-refractivity contribution in [1.82, 2.24) is 9.55 Å². The van der Waals surface area contributed by atoms with Crippen molar-refractivity contribution in [3.8, 4) is 12.3 Å². The van der Waals surface area contributed by atoms with Crippen LogP contribution in [0.5, 0.6) is 0 Å². The van der Waals surface area contributed by atoms with Gasteiger partial charge in [-0.25, -0.2) is 4.79 Å². The van der Waals surface area contributed by atoms with Crippen LogP contribution in [0.2, 0.25) is 0 Å². The molecule has 0 fully saturated rings. The topological polar surface area (TPSA) is 54.9 Å². The lowest BCUT2D eigenvalue weighted by Gasteiger charge is -2.13. The number of nitrogens with zero attached hydrogens (tertiary/aromatic N) is 1. The fraction of sp³-hybridized carbons (Fsp3) is 0.294. The highest BCUT2D eigenvalue weighted by atomic mass is 32.2. The number of terminal acetylenes is 1. The molecule has 114 valence electrons. The van der Waals surface area contributed by atoms with Crippen LogP contribution in [0.25, 0.3) is 0 Å². The maximum Gasteiger partial charge on any atom is 0.330 e. The van der Waals surface area contributed by atoms with Crippen molar-refractivity contribution in [2.75, 3.05) is 0 Å². The van der Waals surface area contributed by atoms with E-state index in [1.54, 1.807) is 0 Å². The Bertz CT molecular complexity index is 836. The maximum absolute atomic E-state index is 12.0. The number of aromatic nitrogens is 2. The Balaban J connectivity index is 2.64. The summed E-state index contributed by atoms with van der Waals surface area (Å²) in [7, 11) is 0. The standard InChI is InChI=1S/C17H18N2O2S/c1-5-7-19-16(14(6-2)15(20)18-17(19)21)22-13-9-11(3)8-12(4)10-13/h1,8-10H,6-7H2,2-4H3,(H,18,20,21). The molecule has 0 aliphatic rings. The molecule has 4 nitrogen and oxygen atoms in total.